The minimum atomic E-state index is 0.0909. The second kappa shape index (κ2) is 8.40. The van der Waals surface area contributed by atoms with Crippen LogP contribution in [0.1, 0.15) is 16.7 Å². The van der Waals surface area contributed by atoms with Crippen molar-refractivity contribution in [2.75, 3.05) is 13.2 Å². The monoisotopic (exact) mass is 281 g/mol. The van der Waals surface area contributed by atoms with E-state index in [1.54, 1.807) is 0 Å². The van der Waals surface area contributed by atoms with E-state index >= 15 is 0 Å². The second-order valence-electron chi connectivity index (χ2n) is 5.29. The summed E-state index contributed by atoms with van der Waals surface area (Å²) in [5, 5.41) is 12.8. The van der Waals surface area contributed by atoms with Gasteiger partial charge in [-0.3, -0.25) is 0 Å². The van der Waals surface area contributed by atoms with E-state index in [1.165, 1.54) is 16.7 Å². The summed E-state index contributed by atoms with van der Waals surface area (Å²) >= 11 is 0. The molecule has 1 atom stereocenters. The summed E-state index contributed by atoms with van der Waals surface area (Å²) in [5.41, 5.74) is 3.70. The minimum Gasteiger partial charge on any atom is -0.395 e. The Kier molecular flexibility index (Phi) is 6.20. The van der Waals surface area contributed by atoms with Crippen LogP contribution in [0.4, 0.5) is 0 Å². The molecular formula is C19H23NO. The van der Waals surface area contributed by atoms with E-state index in [0.29, 0.717) is 0 Å². The van der Waals surface area contributed by atoms with Gasteiger partial charge in [-0.15, -0.1) is 0 Å². The topological polar surface area (TPSA) is 32.3 Å². The largest absolute Gasteiger partial charge is 0.395 e. The highest BCUT2D eigenvalue weighted by atomic mass is 16.3. The predicted octanol–water partition coefficient (Wildman–Crippen LogP) is 3.20. The van der Waals surface area contributed by atoms with Gasteiger partial charge in [-0.2, -0.15) is 0 Å². The Balaban J connectivity index is 1.80. The molecule has 0 aliphatic rings. The Morgan fingerprint density at radius 1 is 1.05 bits per heavy atom. The number of hydrogen-bond donors (Lipinski definition) is 2. The van der Waals surface area contributed by atoms with Gasteiger partial charge in [-0.1, -0.05) is 72.3 Å². The van der Waals surface area contributed by atoms with E-state index in [1.807, 2.05) is 18.2 Å². The molecule has 110 valence electrons. The van der Waals surface area contributed by atoms with Crippen molar-refractivity contribution in [3.63, 3.8) is 0 Å². The van der Waals surface area contributed by atoms with Gasteiger partial charge in [0.1, 0.15) is 0 Å². The Labute approximate surface area is 127 Å². The Bertz CT molecular complexity index is 546. The van der Waals surface area contributed by atoms with Crippen molar-refractivity contribution in [3.05, 3.63) is 77.4 Å². The fourth-order valence-electron chi connectivity index (χ4n) is 2.20. The molecule has 0 saturated carbocycles. The molecule has 0 saturated heterocycles. The fourth-order valence-corrected chi connectivity index (χ4v) is 2.20. The number of aryl methyl sites for hydroxylation is 1. The normalized spacial score (nSPS) is 12.7. The highest BCUT2D eigenvalue weighted by Gasteiger charge is 2.06. The maximum atomic E-state index is 9.47. The first-order valence-electron chi connectivity index (χ1n) is 7.39. The van der Waals surface area contributed by atoms with Crippen LogP contribution in [0, 0.1) is 6.92 Å². The molecule has 0 fully saturated rings. The lowest BCUT2D eigenvalue weighted by atomic mass is 10.0. The van der Waals surface area contributed by atoms with Gasteiger partial charge < -0.3 is 10.4 Å². The summed E-state index contributed by atoms with van der Waals surface area (Å²) < 4.78 is 0. The minimum absolute atomic E-state index is 0.0909. The summed E-state index contributed by atoms with van der Waals surface area (Å²) in [7, 11) is 0. The predicted molar refractivity (Wildman–Crippen MR) is 89.2 cm³/mol. The zero-order valence-electron chi connectivity index (χ0n) is 12.5. The van der Waals surface area contributed by atoms with Crippen molar-refractivity contribution in [1.29, 1.82) is 0 Å². The third-order valence-corrected chi connectivity index (χ3v) is 3.46. The zero-order valence-corrected chi connectivity index (χ0v) is 12.5. The summed E-state index contributed by atoms with van der Waals surface area (Å²) in [5.74, 6) is 0. The number of rotatable bonds is 7. The molecule has 0 bridgehead atoms. The first-order chi connectivity index (χ1) is 10.3. The summed E-state index contributed by atoms with van der Waals surface area (Å²) in [6, 6.07) is 18.8. The van der Waals surface area contributed by atoms with E-state index in [2.05, 4.69) is 60.8 Å². The van der Waals surface area contributed by atoms with Crippen LogP contribution in [0.25, 0.3) is 6.08 Å². The van der Waals surface area contributed by atoms with E-state index < -0.39 is 0 Å². The van der Waals surface area contributed by atoms with E-state index in [4.69, 9.17) is 0 Å². The lowest BCUT2D eigenvalue weighted by molar-refractivity contribution is 0.245. The van der Waals surface area contributed by atoms with Crippen LogP contribution in [0.5, 0.6) is 0 Å². The molecule has 0 aliphatic carbocycles. The Morgan fingerprint density at radius 2 is 1.76 bits per heavy atom. The zero-order chi connectivity index (χ0) is 14.9. The lowest BCUT2D eigenvalue weighted by Gasteiger charge is -2.15. The van der Waals surface area contributed by atoms with Gasteiger partial charge in [-0.25, -0.2) is 0 Å². The van der Waals surface area contributed by atoms with Gasteiger partial charge in [0.15, 0.2) is 0 Å². The molecule has 2 aromatic carbocycles. The Morgan fingerprint density at radius 3 is 2.43 bits per heavy atom. The van der Waals surface area contributed by atoms with Crippen molar-refractivity contribution < 1.29 is 5.11 Å². The number of nitrogens with one attached hydrogen (secondary N) is 1. The number of aliphatic hydroxyl groups is 1. The van der Waals surface area contributed by atoms with Crippen LogP contribution in [-0.4, -0.2) is 24.3 Å². The average molecular weight is 281 g/mol. The van der Waals surface area contributed by atoms with Crippen LogP contribution in [0.3, 0.4) is 0 Å². The molecule has 2 N–H and O–H groups in total. The number of benzene rings is 2. The number of aliphatic hydroxyl groups excluding tert-OH is 1. The average Bonchev–Trinajstić information content (AvgIpc) is 2.53. The standard InChI is InChI=1S/C19H23NO/c1-16-9-11-18(12-10-16)14-19(15-21)20-13-5-8-17-6-3-2-4-7-17/h2-12,19-21H,13-15H2,1H3/b8-5+. The lowest BCUT2D eigenvalue weighted by Crippen LogP contribution is -2.34. The second-order valence-corrected chi connectivity index (χ2v) is 5.29. The van der Waals surface area contributed by atoms with Crippen LogP contribution in [0.15, 0.2) is 60.7 Å². The SMILES string of the molecule is Cc1ccc(CC(CO)NC/C=C/c2ccccc2)cc1. The summed E-state index contributed by atoms with van der Waals surface area (Å²) in [6.07, 6.45) is 5.02. The van der Waals surface area contributed by atoms with Crippen molar-refractivity contribution in [1.82, 2.24) is 5.32 Å². The van der Waals surface area contributed by atoms with Gasteiger partial charge in [0.05, 0.1) is 6.61 Å². The van der Waals surface area contributed by atoms with Gasteiger partial charge in [0.2, 0.25) is 0 Å². The molecular weight excluding hydrogens is 258 g/mol. The van der Waals surface area contributed by atoms with Crippen LogP contribution in [-0.2, 0) is 6.42 Å². The van der Waals surface area contributed by atoms with Crippen molar-refractivity contribution in [3.8, 4) is 0 Å². The maximum absolute atomic E-state index is 9.47. The molecule has 0 amide bonds. The maximum Gasteiger partial charge on any atom is 0.0587 e. The van der Waals surface area contributed by atoms with Gasteiger partial charge in [0.25, 0.3) is 0 Å². The molecule has 2 nitrogen and oxygen atoms in total. The van der Waals surface area contributed by atoms with Gasteiger partial charge in [0, 0.05) is 12.6 Å². The first kappa shape index (κ1) is 15.5. The van der Waals surface area contributed by atoms with E-state index in [0.717, 1.165) is 13.0 Å². The third kappa shape index (κ3) is 5.54. The molecule has 0 spiro atoms. The van der Waals surface area contributed by atoms with Crippen LogP contribution < -0.4 is 5.32 Å². The summed E-state index contributed by atoms with van der Waals surface area (Å²) in [6.45, 7) is 2.99. The molecule has 1 unspecified atom stereocenters. The van der Waals surface area contributed by atoms with Crippen molar-refractivity contribution in [2.24, 2.45) is 0 Å². The van der Waals surface area contributed by atoms with Gasteiger partial charge in [-0.05, 0) is 24.5 Å². The molecule has 2 heteroatoms. The van der Waals surface area contributed by atoms with Gasteiger partial charge >= 0.3 is 0 Å². The highest BCUT2D eigenvalue weighted by molar-refractivity contribution is 5.48. The number of hydrogen-bond acceptors (Lipinski definition) is 2. The molecule has 0 aliphatic heterocycles. The summed E-state index contributed by atoms with van der Waals surface area (Å²) in [4.78, 5) is 0. The molecule has 21 heavy (non-hydrogen) atoms. The molecule has 0 radical (unpaired) electrons. The smallest absolute Gasteiger partial charge is 0.0587 e. The van der Waals surface area contributed by atoms with E-state index in [9.17, 15) is 5.11 Å². The van der Waals surface area contributed by atoms with E-state index in [-0.39, 0.29) is 12.6 Å². The third-order valence-electron chi connectivity index (χ3n) is 3.46. The van der Waals surface area contributed by atoms with Crippen LogP contribution >= 0.6 is 0 Å². The molecule has 0 heterocycles. The van der Waals surface area contributed by atoms with Crippen molar-refractivity contribution in [2.45, 2.75) is 19.4 Å². The Hall–Kier alpha value is -1.90. The molecule has 2 aromatic rings. The van der Waals surface area contributed by atoms with Crippen LogP contribution in [0.2, 0.25) is 0 Å². The van der Waals surface area contributed by atoms with Crippen molar-refractivity contribution >= 4 is 6.08 Å². The first-order valence-corrected chi connectivity index (χ1v) is 7.39. The highest BCUT2D eigenvalue weighted by Crippen LogP contribution is 2.06. The fraction of sp³-hybridized carbons (Fsp3) is 0.263. The molecule has 0 aromatic heterocycles. The quantitative estimate of drug-likeness (QED) is 0.817. The molecule has 2 rings (SSSR count).